The van der Waals surface area contributed by atoms with Crippen LogP contribution >= 0.6 is 23.8 Å². The van der Waals surface area contributed by atoms with Gasteiger partial charge in [-0.2, -0.15) is 5.10 Å². The summed E-state index contributed by atoms with van der Waals surface area (Å²) in [5.74, 6) is 0.781. The van der Waals surface area contributed by atoms with Gasteiger partial charge in [-0.05, 0) is 59.7 Å². The van der Waals surface area contributed by atoms with Crippen LogP contribution in [0, 0.1) is 0 Å². The number of nitrogens with zero attached hydrogens (tertiary/aromatic N) is 1. The van der Waals surface area contributed by atoms with Gasteiger partial charge in [-0.15, -0.1) is 6.58 Å². The first-order chi connectivity index (χ1) is 11.7. The summed E-state index contributed by atoms with van der Waals surface area (Å²) in [7, 11) is 0. The molecule has 6 heteroatoms. The summed E-state index contributed by atoms with van der Waals surface area (Å²) in [5, 5.41) is 8.14. The standard InChI is InChI=1S/C18H18ClN3OS/c1-2-10-20-18(24)22-21-12-14-6-8-17(9-7-14)23-13-15-4-3-5-16(19)11-15/h2-9,11-12H,1,10,13H2,(H2,20,22,24). The second-order valence-electron chi connectivity index (χ2n) is 4.86. The van der Waals surface area contributed by atoms with Crippen LogP contribution in [-0.2, 0) is 6.61 Å². The molecular weight excluding hydrogens is 342 g/mol. The minimum Gasteiger partial charge on any atom is -0.489 e. The zero-order chi connectivity index (χ0) is 17.2. The molecule has 24 heavy (non-hydrogen) atoms. The van der Waals surface area contributed by atoms with Gasteiger partial charge >= 0.3 is 0 Å². The molecule has 0 heterocycles. The molecule has 0 aliphatic rings. The maximum atomic E-state index is 5.95. The Kier molecular flexibility index (Phi) is 7.26. The minimum absolute atomic E-state index is 0.452. The predicted octanol–water partition coefficient (Wildman–Crippen LogP) is 3.90. The Balaban J connectivity index is 1.82. The zero-order valence-corrected chi connectivity index (χ0v) is 14.6. The number of hydrogen-bond acceptors (Lipinski definition) is 3. The molecule has 2 aromatic rings. The number of nitrogens with one attached hydrogen (secondary N) is 2. The first-order valence-electron chi connectivity index (χ1n) is 7.32. The van der Waals surface area contributed by atoms with Crippen molar-refractivity contribution in [3.63, 3.8) is 0 Å². The molecule has 4 nitrogen and oxygen atoms in total. The zero-order valence-electron chi connectivity index (χ0n) is 13.0. The number of hydrogen-bond donors (Lipinski definition) is 2. The van der Waals surface area contributed by atoms with Crippen LogP contribution in [0.25, 0.3) is 0 Å². The molecule has 0 saturated heterocycles. The van der Waals surface area contributed by atoms with Gasteiger partial charge in [-0.1, -0.05) is 29.8 Å². The van der Waals surface area contributed by atoms with Crippen molar-refractivity contribution in [3.05, 3.63) is 77.3 Å². The molecule has 0 spiro atoms. The van der Waals surface area contributed by atoms with Crippen molar-refractivity contribution in [1.29, 1.82) is 0 Å². The first kappa shape index (κ1) is 18.0. The molecule has 0 unspecified atom stereocenters. The number of benzene rings is 2. The third kappa shape index (κ3) is 6.40. The molecule has 124 valence electrons. The van der Waals surface area contributed by atoms with Crippen LogP contribution in [0.3, 0.4) is 0 Å². The van der Waals surface area contributed by atoms with Gasteiger partial charge in [0.15, 0.2) is 5.11 Å². The highest BCUT2D eigenvalue weighted by molar-refractivity contribution is 7.80. The van der Waals surface area contributed by atoms with E-state index in [0.717, 1.165) is 16.9 Å². The van der Waals surface area contributed by atoms with Crippen molar-refractivity contribution in [2.24, 2.45) is 5.10 Å². The van der Waals surface area contributed by atoms with Gasteiger partial charge in [0.05, 0.1) is 6.21 Å². The van der Waals surface area contributed by atoms with Crippen LogP contribution < -0.4 is 15.5 Å². The molecular formula is C18H18ClN3OS. The molecule has 0 saturated carbocycles. The summed E-state index contributed by atoms with van der Waals surface area (Å²) in [6.07, 6.45) is 3.41. The molecule has 2 rings (SSSR count). The average Bonchev–Trinajstić information content (AvgIpc) is 2.59. The summed E-state index contributed by atoms with van der Waals surface area (Å²) in [5.41, 5.74) is 4.69. The van der Waals surface area contributed by atoms with Crippen molar-refractivity contribution >= 4 is 35.1 Å². The second-order valence-corrected chi connectivity index (χ2v) is 5.70. The molecule has 2 aromatic carbocycles. The minimum atomic E-state index is 0.452. The highest BCUT2D eigenvalue weighted by Crippen LogP contribution is 2.15. The fourth-order valence-corrected chi connectivity index (χ4v) is 2.16. The number of thiocarbonyl (C=S) groups is 1. The van der Waals surface area contributed by atoms with Gasteiger partial charge < -0.3 is 10.1 Å². The van der Waals surface area contributed by atoms with E-state index < -0.39 is 0 Å². The van der Waals surface area contributed by atoms with Crippen LogP contribution in [0.4, 0.5) is 0 Å². The van der Waals surface area contributed by atoms with Crippen LogP contribution in [0.15, 0.2) is 66.3 Å². The van der Waals surface area contributed by atoms with Crippen molar-refractivity contribution in [2.75, 3.05) is 6.54 Å². The number of halogens is 1. The van der Waals surface area contributed by atoms with Gasteiger partial charge in [-0.3, -0.25) is 5.43 Å². The number of rotatable bonds is 7. The Morgan fingerprint density at radius 1 is 1.25 bits per heavy atom. The average molecular weight is 360 g/mol. The lowest BCUT2D eigenvalue weighted by molar-refractivity contribution is 0.306. The third-order valence-corrected chi connectivity index (χ3v) is 3.43. The van der Waals surface area contributed by atoms with Crippen molar-refractivity contribution in [1.82, 2.24) is 10.7 Å². The van der Waals surface area contributed by atoms with Crippen LogP contribution in [0.2, 0.25) is 5.02 Å². The molecule has 0 fully saturated rings. The van der Waals surface area contributed by atoms with Gasteiger partial charge in [0.1, 0.15) is 12.4 Å². The van der Waals surface area contributed by atoms with Crippen molar-refractivity contribution in [2.45, 2.75) is 6.61 Å². The SMILES string of the molecule is C=CCNC(=S)NN=Cc1ccc(OCc2cccc(Cl)c2)cc1. The van der Waals surface area contributed by atoms with Gasteiger partial charge in [-0.25, -0.2) is 0 Å². The summed E-state index contributed by atoms with van der Waals surface area (Å²) in [6, 6.07) is 15.2. The predicted molar refractivity (Wildman–Crippen MR) is 104 cm³/mol. The Labute approximate surface area is 152 Å². The van der Waals surface area contributed by atoms with E-state index in [2.05, 4.69) is 22.4 Å². The Morgan fingerprint density at radius 2 is 2.04 bits per heavy atom. The lowest BCUT2D eigenvalue weighted by atomic mass is 10.2. The highest BCUT2D eigenvalue weighted by atomic mass is 35.5. The van der Waals surface area contributed by atoms with Crippen LogP contribution in [0.5, 0.6) is 5.75 Å². The lowest BCUT2D eigenvalue weighted by Gasteiger charge is -2.07. The van der Waals surface area contributed by atoms with Gasteiger partial charge in [0.2, 0.25) is 0 Å². The summed E-state index contributed by atoms with van der Waals surface area (Å²) in [6.45, 7) is 4.67. The van der Waals surface area contributed by atoms with Crippen LogP contribution in [-0.4, -0.2) is 17.9 Å². The molecule has 0 bridgehead atoms. The maximum Gasteiger partial charge on any atom is 0.187 e. The van der Waals surface area contributed by atoms with E-state index in [-0.39, 0.29) is 0 Å². The van der Waals surface area contributed by atoms with Crippen molar-refractivity contribution < 1.29 is 4.74 Å². The maximum absolute atomic E-state index is 5.95. The van der Waals surface area contributed by atoms with Crippen LogP contribution in [0.1, 0.15) is 11.1 Å². The fraction of sp³-hybridized carbons (Fsp3) is 0.111. The second kappa shape index (κ2) is 9.70. The Morgan fingerprint density at radius 3 is 2.75 bits per heavy atom. The normalized spacial score (nSPS) is 10.4. The summed E-state index contributed by atoms with van der Waals surface area (Å²) < 4.78 is 5.73. The third-order valence-electron chi connectivity index (χ3n) is 2.96. The molecule has 0 amide bonds. The molecule has 2 N–H and O–H groups in total. The topological polar surface area (TPSA) is 45.7 Å². The molecule has 0 aliphatic heterocycles. The van der Waals surface area contributed by atoms with Gasteiger partial charge in [0.25, 0.3) is 0 Å². The van der Waals surface area contributed by atoms with E-state index in [9.17, 15) is 0 Å². The van der Waals surface area contributed by atoms with E-state index in [1.807, 2.05) is 48.5 Å². The summed E-state index contributed by atoms with van der Waals surface area (Å²) >= 11 is 11.0. The molecule has 0 radical (unpaired) electrons. The number of hydrazone groups is 1. The lowest BCUT2D eigenvalue weighted by Crippen LogP contribution is -2.31. The molecule has 0 aliphatic carbocycles. The van der Waals surface area contributed by atoms with Gasteiger partial charge in [0, 0.05) is 11.6 Å². The Bertz CT molecular complexity index is 716. The highest BCUT2D eigenvalue weighted by Gasteiger charge is 1.97. The molecule has 0 atom stereocenters. The molecule has 0 aromatic heterocycles. The van der Waals surface area contributed by atoms with Crippen molar-refractivity contribution in [3.8, 4) is 5.75 Å². The number of ether oxygens (including phenoxy) is 1. The Hall–Kier alpha value is -2.37. The first-order valence-corrected chi connectivity index (χ1v) is 8.11. The quantitative estimate of drug-likeness (QED) is 0.340. The fourth-order valence-electron chi connectivity index (χ4n) is 1.81. The van der Waals surface area contributed by atoms with E-state index >= 15 is 0 Å². The van der Waals surface area contributed by atoms with E-state index in [0.29, 0.717) is 23.3 Å². The van der Waals surface area contributed by atoms with E-state index in [4.69, 9.17) is 28.6 Å². The smallest absolute Gasteiger partial charge is 0.187 e. The monoisotopic (exact) mass is 359 g/mol. The van der Waals surface area contributed by atoms with E-state index in [1.54, 1.807) is 12.3 Å². The summed E-state index contributed by atoms with van der Waals surface area (Å²) in [4.78, 5) is 0. The van der Waals surface area contributed by atoms with E-state index in [1.165, 1.54) is 0 Å². The largest absolute Gasteiger partial charge is 0.489 e.